The van der Waals surface area contributed by atoms with Gasteiger partial charge in [0.25, 0.3) is 0 Å². The first-order chi connectivity index (χ1) is 8.33. The van der Waals surface area contributed by atoms with Crippen molar-refractivity contribution in [2.45, 2.75) is 44.7 Å². The van der Waals surface area contributed by atoms with Gasteiger partial charge >= 0.3 is 0 Å². The molecule has 17 heavy (non-hydrogen) atoms. The molecule has 1 aromatic rings. The van der Waals surface area contributed by atoms with Gasteiger partial charge in [-0.05, 0) is 43.1 Å². The second-order valence-corrected chi connectivity index (χ2v) is 6.57. The van der Waals surface area contributed by atoms with Crippen LogP contribution in [0.2, 0.25) is 0 Å². The number of rotatable bonds is 4. The summed E-state index contributed by atoms with van der Waals surface area (Å²) in [6, 6.07) is 4.99. The summed E-state index contributed by atoms with van der Waals surface area (Å²) in [6.07, 6.45) is 3.98. The van der Waals surface area contributed by atoms with Crippen molar-refractivity contribution in [3.8, 4) is 0 Å². The second-order valence-electron chi connectivity index (χ2n) is 5.42. The average molecular weight is 251 g/mol. The van der Waals surface area contributed by atoms with Crippen LogP contribution in [0.15, 0.2) is 16.5 Å². The van der Waals surface area contributed by atoms with E-state index >= 15 is 0 Å². The van der Waals surface area contributed by atoms with Gasteiger partial charge in [0.15, 0.2) is 0 Å². The van der Waals surface area contributed by atoms with Gasteiger partial charge in [0.2, 0.25) is 0 Å². The van der Waals surface area contributed by atoms with Crippen molar-refractivity contribution < 1.29 is 4.42 Å². The Hall–Kier alpha value is -0.410. The molecule has 2 aliphatic rings. The van der Waals surface area contributed by atoms with Gasteiger partial charge in [0, 0.05) is 17.7 Å². The Bertz CT molecular complexity index is 370. The maximum Gasteiger partial charge on any atom is 0.117 e. The molecular formula is C14H21NOS. The molecule has 3 heteroatoms. The number of furan rings is 1. The molecule has 2 heterocycles. The lowest BCUT2D eigenvalue weighted by molar-refractivity contribution is 0.419. The summed E-state index contributed by atoms with van der Waals surface area (Å²) in [7, 11) is 0. The van der Waals surface area contributed by atoms with Gasteiger partial charge in [-0.2, -0.15) is 11.8 Å². The highest BCUT2D eigenvalue weighted by Crippen LogP contribution is 2.47. The summed E-state index contributed by atoms with van der Waals surface area (Å²) in [5, 5.41) is 3.61. The molecule has 2 fully saturated rings. The first-order valence-corrected chi connectivity index (χ1v) is 7.88. The number of nitrogens with one attached hydrogen (secondary N) is 1. The van der Waals surface area contributed by atoms with Crippen LogP contribution in [0.4, 0.5) is 0 Å². The van der Waals surface area contributed by atoms with Gasteiger partial charge in [-0.25, -0.2) is 0 Å². The Kier molecular flexibility index (Phi) is 3.48. The van der Waals surface area contributed by atoms with E-state index < -0.39 is 0 Å². The predicted octanol–water partition coefficient (Wildman–Crippen LogP) is 3.39. The highest BCUT2D eigenvalue weighted by molar-refractivity contribution is 7.99. The largest absolute Gasteiger partial charge is 0.464 e. The van der Waals surface area contributed by atoms with Crippen LogP contribution in [0.25, 0.3) is 0 Å². The molecule has 0 bridgehead atoms. The SMILES string of the molecule is CC1CC1c1ccc(CNC2CCCSC2)o1. The third-order valence-electron chi connectivity index (χ3n) is 3.88. The molecule has 1 aliphatic heterocycles. The number of hydrogen-bond donors (Lipinski definition) is 1. The lowest BCUT2D eigenvalue weighted by atomic mass is 10.2. The summed E-state index contributed by atoms with van der Waals surface area (Å²) >= 11 is 2.07. The molecule has 1 saturated carbocycles. The third-order valence-corrected chi connectivity index (χ3v) is 5.10. The lowest BCUT2D eigenvalue weighted by Gasteiger charge is -2.21. The average Bonchev–Trinajstić information content (AvgIpc) is 2.92. The molecule has 3 rings (SSSR count). The maximum absolute atomic E-state index is 5.90. The lowest BCUT2D eigenvalue weighted by Crippen LogP contribution is -2.33. The van der Waals surface area contributed by atoms with Crippen LogP contribution < -0.4 is 5.32 Å². The van der Waals surface area contributed by atoms with E-state index in [9.17, 15) is 0 Å². The first-order valence-electron chi connectivity index (χ1n) is 6.72. The van der Waals surface area contributed by atoms with Gasteiger partial charge in [0.05, 0.1) is 6.54 Å². The minimum Gasteiger partial charge on any atom is -0.464 e. The number of thioether (sulfide) groups is 1. The van der Waals surface area contributed by atoms with Gasteiger partial charge < -0.3 is 9.73 Å². The van der Waals surface area contributed by atoms with Crippen molar-refractivity contribution in [2.75, 3.05) is 11.5 Å². The summed E-state index contributed by atoms with van der Waals surface area (Å²) in [4.78, 5) is 0. The fourth-order valence-corrected chi connectivity index (χ4v) is 3.66. The molecule has 1 aromatic heterocycles. The van der Waals surface area contributed by atoms with Crippen LogP contribution in [0.1, 0.15) is 43.6 Å². The maximum atomic E-state index is 5.90. The fraction of sp³-hybridized carbons (Fsp3) is 0.714. The van der Waals surface area contributed by atoms with E-state index in [1.807, 2.05) is 0 Å². The van der Waals surface area contributed by atoms with E-state index in [-0.39, 0.29) is 0 Å². The third kappa shape index (κ3) is 2.89. The molecule has 0 aromatic carbocycles. The Morgan fingerprint density at radius 2 is 2.35 bits per heavy atom. The zero-order chi connectivity index (χ0) is 11.7. The summed E-state index contributed by atoms with van der Waals surface area (Å²) in [5.41, 5.74) is 0. The van der Waals surface area contributed by atoms with E-state index in [0.29, 0.717) is 12.0 Å². The Labute approximate surface area is 108 Å². The van der Waals surface area contributed by atoms with Crippen LogP contribution in [-0.2, 0) is 6.54 Å². The monoisotopic (exact) mass is 251 g/mol. The van der Waals surface area contributed by atoms with Crippen molar-refractivity contribution in [1.82, 2.24) is 5.32 Å². The van der Waals surface area contributed by atoms with Crippen molar-refractivity contribution in [3.63, 3.8) is 0 Å². The second kappa shape index (κ2) is 5.07. The molecular weight excluding hydrogens is 230 g/mol. The Morgan fingerprint density at radius 3 is 3.06 bits per heavy atom. The molecule has 2 nitrogen and oxygen atoms in total. The first kappa shape index (κ1) is 11.7. The molecule has 1 aliphatic carbocycles. The van der Waals surface area contributed by atoms with Crippen LogP contribution >= 0.6 is 11.8 Å². The predicted molar refractivity (Wildman–Crippen MR) is 72.4 cm³/mol. The van der Waals surface area contributed by atoms with Crippen molar-refractivity contribution in [3.05, 3.63) is 23.7 Å². The van der Waals surface area contributed by atoms with Gasteiger partial charge in [-0.3, -0.25) is 0 Å². The molecule has 0 radical (unpaired) electrons. The zero-order valence-corrected chi connectivity index (χ0v) is 11.3. The summed E-state index contributed by atoms with van der Waals surface area (Å²) < 4.78 is 5.90. The van der Waals surface area contributed by atoms with E-state index in [2.05, 4.69) is 36.1 Å². The topological polar surface area (TPSA) is 25.2 Å². The summed E-state index contributed by atoms with van der Waals surface area (Å²) in [6.45, 7) is 3.19. The van der Waals surface area contributed by atoms with E-state index in [1.165, 1.54) is 36.5 Å². The van der Waals surface area contributed by atoms with Crippen molar-refractivity contribution in [1.29, 1.82) is 0 Å². The van der Waals surface area contributed by atoms with Gasteiger partial charge in [0.1, 0.15) is 11.5 Å². The highest BCUT2D eigenvalue weighted by atomic mass is 32.2. The minimum atomic E-state index is 0.683. The van der Waals surface area contributed by atoms with E-state index in [4.69, 9.17) is 4.42 Å². The van der Waals surface area contributed by atoms with Gasteiger partial charge in [-0.15, -0.1) is 0 Å². The zero-order valence-electron chi connectivity index (χ0n) is 10.4. The molecule has 1 saturated heterocycles. The van der Waals surface area contributed by atoms with Crippen molar-refractivity contribution in [2.24, 2.45) is 5.92 Å². The molecule has 0 amide bonds. The minimum absolute atomic E-state index is 0.683. The summed E-state index contributed by atoms with van der Waals surface area (Å²) in [5.74, 6) is 6.43. The standard InChI is InChI=1S/C14H21NOS/c1-10-7-13(10)14-5-4-12(16-14)8-15-11-3-2-6-17-9-11/h4-5,10-11,13,15H,2-3,6-9H2,1H3. The quantitative estimate of drug-likeness (QED) is 0.888. The van der Waals surface area contributed by atoms with Crippen LogP contribution in [0, 0.1) is 5.92 Å². The highest BCUT2D eigenvalue weighted by Gasteiger charge is 2.36. The molecule has 1 N–H and O–H groups in total. The normalized spacial score (nSPS) is 32.6. The molecule has 0 spiro atoms. The van der Waals surface area contributed by atoms with Crippen molar-refractivity contribution >= 4 is 11.8 Å². The molecule has 3 unspecified atom stereocenters. The van der Waals surface area contributed by atoms with Crippen LogP contribution in [0.5, 0.6) is 0 Å². The van der Waals surface area contributed by atoms with E-state index in [0.717, 1.165) is 18.2 Å². The van der Waals surface area contributed by atoms with Gasteiger partial charge in [-0.1, -0.05) is 6.92 Å². The Balaban J connectivity index is 1.49. The Morgan fingerprint density at radius 1 is 1.47 bits per heavy atom. The molecule has 94 valence electrons. The fourth-order valence-electron chi connectivity index (χ4n) is 2.55. The number of hydrogen-bond acceptors (Lipinski definition) is 3. The van der Waals surface area contributed by atoms with Crippen LogP contribution in [-0.4, -0.2) is 17.5 Å². The smallest absolute Gasteiger partial charge is 0.117 e. The van der Waals surface area contributed by atoms with Crippen LogP contribution in [0.3, 0.4) is 0 Å². The van der Waals surface area contributed by atoms with E-state index in [1.54, 1.807) is 0 Å². The molecule has 3 atom stereocenters.